The van der Waals surface area contributed by atoms with E-state index in [1.165, 1.54) is 12.7 Å². The molecule has 0 radical (unpaired) electrons. The molecule has 8 nitrogen and oxygen atoms in total. The van der Waals surface area contributed by atoms with Crippen LogP contribution >= 0.6 is 23.2 Å². The van der Waals surface area contributed by atoms with E-state index in [0.717, 1.165) is 24.8 Å². The Morgan fingerprint density at radius 2 is 1.83 bits per heavy atom. The zero-order valence-electron chi connectivity index (χ0n) is 24.4. The Bertz CT molecular complexity index is 1240. The van der Waals surface area contributed by atoms with Crippen molar-refractivity contribution in [2.45, 2.75) is 82.5 Å². The summed E-state index contributed by atoms with van der Waals surface area (Å²) >= 11 is 12.4. The minimum absolute atomic E-state index is 0.0510. The van der Waals surface area contributed by atoms with E-state index in [0.29, 0.717) is 41.7 Å². The second-order valence-corrected chi connectivity index (χ2v) is 11.9. The number of halogens is 2. The summed E-state index contributed by atoms with van der Waals surface area (Å²) in [6.45, 7) is 3.10. The third kappa shape index (κ3) is 8.04. The van der Waals surface area contributed by atoms with Crippen LogP contribution in [0.4, 0.5) is 0 Å². The molecule has 2 aliphatic heterocycles. The molecule has 2 saturated heterocycles. The summed E-state index contributed by atoms with van der Waals surface area (Å²) < 4.78 is 10.6. The van der Waals surface area contributed by atoms with Crippen molar-refractivity contribution in [3.8, 4) is 5.75 Å². The van der Waals surface area contributed by atoms with Crippen molar-refractivity contribution >= 4 is 40.9 Å². The number of fused-ring (bicyclic) bond motifs is 1. The van der Waals surface area contributed by atoms with Gasteiger partial charge in [-0.3, -0.25) is 19.3 Å². The number of rotatable bonds is 13. The summed E-state index contributed by atoms with van der Waals surface area (Å²) in [7, 11) is 1.54. The zero-order chi connectivity index (χ0) is 30.2. The van der Waals surface area contributed by atoms with Crippen molar-refractivity contribution in [2.75, 3.05) is 26.8 Å². The fourth-order valence-electron chi connectivity index (χ4n) is 6.25. The minimum atomic E-state index is -0.748. The smallest absolute Gasteiger partial charge is 0.305 e. The number of aryl methyl sites for hydroxylation is 2. The van der Waals surface area contributed by atoms with Gasteiger partial charge in [-0.05, 0) is 62.6 Å². The van der Waals surface area contributed by atoms with Gasteiger partial charge in [-0.25, -0.2) is 0 Å². The Hall–Kier alpha value is -2.65. The number of hydrogen-bond acceptors (Lipinski definition) is 7. The van der Waals surface area contributed by atoms with Gasteiger partial charge >= 0.3 is 5.97 Å². The zero-order valence-corrected chi connectivity index (χ0v) is 25.9. The SMILES string of the molecule is CCOC(=O)CC[C@H](C(=O)CCc1cc(Cl)c(Cl)cc1OC)N1CCC(CCc2ccccc2)N2C[C@H](N)C[C@H]2C1=O. The van der Waals surface area contributed by atoms with Crippen LogP contribution in [0.1, 0.15) is 56.6 Å². The quantitative estimate of drug-likeness (QED) is 0.320. The second kappa shape index (κ2) is 15.2. The van der Waals surface area contributed by atoms with E-state index < -0.39 is 6.04 Å². The lowest BCUT2D eigenvalue weighted by atomic mass is 9.97. The molecular formula is C32H41Cl2N3O5. The topological polar surface area (TPSA) is 102 Å². The third-order valence-electron chi connectivity index (χ3n) is 8.36. The average molecular weight is 619 g/mol. The molecule has 2 heterocycles. The van der Waals surface area contributed by atoms with Crippen LogP contribution in [-0.2, 0) is 32.0 Å². The summed E-state index contributed by atoms with van der Waals surface area (Å²) in [5.41, 5.74) is 8.39. The standard InChI is InChI=1S/C32H41Cl2N3O5/c1-3-42-31(39)14-12-27(29(38)13-10-22-17-25(33)26(34)19-30(22)41-2)36-16-15-24(11-9-21-7-5-4-6-8-21)37-20-23(35)18-28(37)32(36)40/h4-8,17,19,23-24,27-28H,3,9-16,18,20,35H2,1-2H3/t23-,24?,27-,28+/m1/s1. The van der Waals surface area contributed by atoms with Gasteiger partial charge in [0.05, 0.1) is 35.8 Å². The number of methoxy groups -OCH3 is 1. The highest BCUT2D eigenvalue weighted by molar-refractivity contribution is 6.42. The normalized spacial score (nSPS) is 21.5. The predicted octanol–water partition coefficient (Wildman–Crippen LogP) is 4.85. The molecule has 4 rings (SSSR count). The number of benzene rings is 2. The molecule has 2 aromatic rings. The van der Waals surface area contributed by atoms with E-state index in [2.05, 4.69) is 17.0 Å². The van der Waals surface area contributed by atoms with E-state index in [-0.39, 0.29) is 61.7 Å². The molecule has 0 aliphatic carbocycles. The monoisotopic (exact) mass is 617 g/mol. The van der Waals surface area contributed by atoms with Gasteiger partial charge in [-0.2, -0.15) is 0 Å². The average Bonchev–Trinajstić information content (AvgIpc) is 3.32. The Morgan fingerprint density at radius 1 is 1.10 bits per heavy atom. The first-order chi connectivity index (χ1) is 20.2. The molecule has 1 amide bonds. The second-order valence-electron chi connectivity index (χ2n) is 11.1. The molecule has 2 fully saturated rings. The number of amides is 1. The van der Waals surface area contributed by atoms with Gasteiger partial charge in [0.25, 0.3) is 0 Å². The minimum Gasteiger partial charge on any atom is -0.496 e. The van der Waals surface area contributed by atoms with Crippen LogP contribution in [0.5, 0.6) is 5.75 Å². The van der Waals surface area contributed by atoms with Crippen LogP contribution in [0, 0.1) is 0 Å². The summed E-state index contributed by atoms with van der Waals surface area (Å²) in [5.74, 6) is -0.0335. The summed E-state index contributed by atoms with van der Waals surface area (Å²) in [5, 5.41) is 0.743. The van der Waals surface area contributed by atoms with E-state index in [9.17, 15) is 14.4 Å². The van der Waals surface area contributed by atoms with Crippen LogP contribution in [-0.4, -0.2) is 78.4 Å². The van der Waals surface area contributed by atoms with Crippen LogP contribution in [0.2, 0.25) is 10.0 Å². The highest BCUT2D eigenvalue weighted by Crippen LogP contribution is 2.33. The lowest BCUT2D eigenvalue weighted by Crippen LogP contribution is -2.50. The van der Waals surface area contributed by atoms with Gasteiger partial charge in [-0.15, -0.1) is 0 Å². The van der Waals surface area contributed by atoms with Crippen molar-refractivity contribution in [3.05, 3.63) is 63.6 Å². The molecule has 2 aromatic carbocycles. The molecule has 0 saturated carbocycles. The lowest BCUT2D eigenvalue weighted by molar-refractivity contribution is -0.146. The van der Waals surface area contributed by atoms with Gasteiger partial charge in [0.2, 0.25) is 5.91 Å². The van der Waals surface area contributed by atoms with Gasteiger partial charge in [-0.1, -0.05) is 53.5 Å². The van der Waals surface area contributed by atoms with Crippen molar-refractivity contribution in [1.82, 2.24) is 9.80 Å². The van der Waals surface area contributed by atoms with E-state index >= 15 is 0 Å². The largest absolute Gasteiger partial charge is 0.496 e. The van der Waals surface area contributed by atoms with Gasteiger partial charge < -0.3 is 20.1 Å². The van der Waals surface area contributed by atoms with Crippen LogP contribution in [0.15, 0.2) is 42.5 Å². The van der Waals surface area contributed by atoms with E-state index in [4.69, 9.17) is 38.4 Å². The van der Waals surface area contributed by atoms with Crippen LogP contribution in [0.25, 0.3) is 0 Å². The molecular weight excluding hydrogens is 577 g/mol. The summed E-state index contributed by atoms with van der Waals surface area (Å²) in [6.07, 6.45) is 3.84. The lowest BCUT2D eigenvalue weighted by Gasteiger charge is -2.32. The molecule has 228 valence electrons. The Morgan fingerprint density at radius 3 is 2.55 bits per heavy atom. The van der Waals surface area contributed by atoms with Crippen molar-refractivity contribution < 1.29 is 23.9 Å². The molecule has 1 unspecified atom stereocenters. The maximum Gasteiger partial charge on any atom is 0.305 e. The number of esters is 1. The molecule has 2 aliphatic rings. The Labute approximate surface area is 258 Å². The van der Waals surface area contributed by atoms with Gasteiger partial charge in [0, 0.05) is 44.1 Å². The predicted molar refractivity (Wildman–Crippen MR) is 164 cm³/mol. The number of ether oxygens (including phenoxy) is 2. The molecule has 0 aromatic heterocycles. The van der Waals surface area contributed by atoms with Gasteiger partial charge in [0.1, 0.15) is 5.75 Å². The summed E-state index contributed by atoms with van der Waals surface area (Å²) in [6, 6.07) is 12.6. The van der Waals surface area contributed by atoms with Crippen LogP contribution in [0.3, 0.4) is 0 Å². The first-order valence-corrected chi connectivity index (χ1v) is 15.5. The Kier molecular flexibility index (Phi) is 11.7. The molecule has 0 bridgehead atoms. The maximum atomic E-state index is 14.1. The fourth-order valence-corrected chi connectivity index (χ4v) is 6.59. The number of carbonyl (C=O) groups is 3. The molecule has 42 heavy (non-hydrogen) atoms. The molecule has 2 N–H and O–H groups in total. The molecule has 10 heteroatoms. The van der Waals surface area contributed by atoms with E-state index in [1.54, 1.807) is 24.0 Å². The Balaban J connectivity index is 1.54. The number of ketones is 1. The molecule has 0 spiro atoms. The fraction of sp³-hybridized carbons (Fsp3) is 0.531. The molecule has 4 atom stereocenters. The highest BCUT2D eigenvalue weighted by Gasteiger charge is 2.45. The number of hydrogen-bond donors (Lipinski definition) is 1. The van der Waals surface area contributed by atoms with Crippen molar-refractivity contribution in [3.63, 3.8) is 0 Å². The van der Waals surface area contributed by atoms with Crippen LogP contribution < -0.4 is 10.5 Å². The number of carbonyl (C=O) groups excluding carboxylic acids is 3. The third-order valence-corrected chi connectivity index (χ3v) is 9.08. The number of Topliss-reactive ketones (excluding diaryl/α,β-unsaturated/α-hetero) is 1. The summed E-state index contributed by atoms with van der Waals surface area (Å²) in [4.78, 5) is 44.2. The highest BCUT2D eigenvalue weighted by atomic mass is 35.5. The first-order valence-electron chi connectivity index (χ1n) is 14.8. The maximum absolute atomic E-state index is 14.1. The van der Waals surface area contributed by atoms with Gasteiger partial charge in [0.15, 0.2) is 5.78 Å². The van der Waals surface area contributed by atoms with Crippen molar-refractivity contribution in [2.24, 2.45) is 5.73 Å². The number of nitrogens with two attached hydrogens (primary N) is 1. The number of nitrogens with zero attached hydrogens (tertiary/aromatic N) is 2. The first kappa shape index (κ1) is 32.3. The van der Waals surface area contributed by atoms with E-state index in [1.807, 2.05) is 18.2 Å². The van der Waals surface area contributed by atoms with Crippen molar-refractivity contribution in [1.29, 1.82) is 0 Å².